The molecular formula is C38H38N4O7. The molecule has 7 rings (SSSR count). The molecule has 0 bridgehead atoms. The summed E-state index contributed by atoms with van der Waals surface area (Å²) in [5, 5.41) is 20.7. The Morgan fingerprint density at radius 1 is 0.776 bits per heavy atom. The van der Waals surface area contributed by atoms with Gasteiger partial charge in [0.1, 0.15) is 0 Å². The second-order valence-electron chi connectivity index (χ2n) is 12.9. The molecule has 11 nitrogen and oxygen atoms in total. The van der Waals surface area contributed by atoms with Crippen molar-refractivity contribution in [2.75, 3.05) is 37.6 Å². The molecule has 0 spiro atoms. The van der Waals surface area contributed by atoms with Crippen LogP contribution in [0.5, 0.6) is 0 Å². The number of amides is 2. The number of imide groups is 1. The Kier molecular flexibility index (Phi) is 9.24. The van der Waals surface area contributed by atoms with Gasteiger partial charge in [-0.3, -0.25) is 29.5 Å². The molecule has 4 aromatic carbocycles. The van der Waals surface area contributed by atoms with Crippen LogP contribution in [-0.4, -0.2) is 70.5 Å². The molecule has 0 saturated carbocycles. The number of hydrogen-bond acceptors (Lipinski definition) is 9. The molecule has 2 saturated heterocycles. The van der Waals surface area contributed by atoms with Crippen LogP contribution in [0.2, 0.25) is 0 Å². The van der Waals surface area contributed by atoms with Gasteiger partial charge in [-0.15, -0.1) is 0 Å². The lowest BCUT2D eigenvalue weighted by atomic mass is 9.90. The van der Waals surface area contributed by atoms with E-state index in [1.165, 1.54) is 4.90 Å². The number of aliphatic hydroxyl groups is 1. The van der Waals surface area contributed by atoms with E-state index in [0.717, 1.165) is 54.1 Å². The van der Waals surface area contributed by atoms with Crippen LogP contribution in [0.25, 0.3) is 0 Å². The molecular weight excluding hydrogens is 624 g/mol. The van der Waals surface area contributed by atoms with Crippen LogP contribution in [-0.2, 0) is 22.6 Å². The predicted molar refractivity (Wildman–Crippen MR) is 182 cm³/mol. The Morgan fingerprint density at radius 3 is 1.96 bits per heavy atom. The second-order valence-corrected chi connectivity index (χ2v) is 12.9. The van der Waals surface area contributed by atoms with Gasteiger partial charge in [-0.25, -0.2) is 0 Å². The fourth-order valence-corrected chi connectivity index (χ4v) is 6.90. The molecule has 49 heavy (non-hydrogen) atoms. The van der Waals surface area contributed by atoms with Crippen molar-refractivity contribution in [3.05, 3.63) is 141 Å². The molecule has 2 amide bonds. The van der Waals surface area contributed by atoms with Gasteiger partial charge in [0.15, 0.2) is 6.29 Å². The number of benzene rings is 4. The third-order valence-corrected chi connectivity index (χ3v) is 9.83. The summed E-state index contributed by atoms with van der Waals surface area (Å²) in [4.78, 5) is 42.4. The monoisotopic (exact) mass is 662 g/mol. The van der Waals surface area contributed by atoms with Gasteiger partial charge in [0.25, 0.3) is 17.5 Å². The maximum absolute atomic E-state index is 12.9. The minimum atomic E-state index is -0.640. The number of anilines is 1. The molecule has 0 aliphatic carbocycles. The summed E-state index contributed by atoms with van der Waals surface area (Å²) in [5.74, 6) is -0.551. The van der Waals surface area contributed by atoms with Gasteiger partial charge in [-0.1, -0.05) is 67.6 Å². The number of carbonyl (C=O) groups excluding carboxylic acids is 2. The number of rotatable bonds is 9. The number of aliphatic hydroxyl groups excluding tert-OH is 1. The van der Waals surface area contributed by atoms with Crippen molar-refractivity contribution in [3.63, 3.8) is 0 Å². The highest BCUT2D eigenvalue weighted by Gasteiger charge is 2.40. The molecule has 1 N–H and O–H groups in total. The number of piperazine rings is 1. The Labute approximate surface area is 284 Å². The van der Waals surface area contributed by atoms with Crippen LogP contribution in [0.15, 0.2) is 97.1 Å². The molecule has 11 heteroatoms. The number of nitro groups is 1. The number of fused-ring (bicyclic) bond motifs is 1. The predicted octanol–water partition coefficient (Wildman–Crippen LogP) is 5.50. The van der Waals surface area contributed by atoms with E-state index in [1.807, 2.05) is 48.5 Å². The van der Waals surface area contributed by atoms with E-state index in [0.29, 0.717) is 17.7 Å². The zero-order valence-corrected chi connectivity index (χ0v) is 27.2. The first kappa shape index (κ1) is 32.6. The van der Waals surface area contributed by atoms with E-state index in [-0.39, 0.29) is 53.7 Å². The largest absolute Gasteiger partial charge is 0.392 e. The molecule has 2 fully saturated rings. The van der Waals surface area contributed by atoms with Gasteiger partial charge < -0.3 is 19.5 Å². The number of nitrogens with zero attached hydrogens (tertiary/aromatic N) is 4. The number of ether oxygens (including phenoxy) is 2. The topological polar surface area (TPSA) is 126 Å². The lowest BCUT2D eigenvalue weighted by Gasteiger charge is -2.44. The molecule has 3 aliphatic rings. The Bertz CT molecular complexity index is 1790. The smallest absolute Gasteiger partial charge is 0.269 e. The van der Waals surface area contributed by atoms with Gasteiger partial charge in [0.05, 0.1) is 41.4 Å². The van der Waals surface area contributed by atoms with Crippen LogP contribution in [0, 0.1) is 16.0 Å². The van der Waals surface area contributed by atoms with Crippen LogP contribution in [0.1, 0.15) is 62.3 Å². The molecule has 4 aromatic rings. The average molecular weight is 663 g/mol. The van der Waals surface area contributed by atoms with E-state index in [2.05, 4.69) is 16.7 Å². The van der Waals surface area contributed by atoms with Crippen LogP contribution < -0.4 is 4.90 Å². The zero-order valence-electron chi connectivity index (χ0n) is 27.2. The second kappa shape index (κ2) is 13.9. The van der Waals surface area contributed by atoms with Gasteiger partial charge >= 0.3 is 0 Å². The van der Waals surface area contributed by atoms with E-state index >= 15 is 0 Å². The number of non-ortho nitro benzene ring substituents is 1. The Balaban J connectivity index is 1.05. The van der Waals surface area contributed by atoms with Crippen LogP contribution in [0.3, 0.4) is 0 Å². The van der Waals surface area contributed by atoms with Gasteiger partial charge in [-0.2, -0.15) is 0 Å². The van der Waals surface area contributed by atoms with Crippen molar-refractivity contribution in [2.45, 2.75) is 38.6 Å². The standard InChI is InChI=1S/C38H38N4O7/c1-25-34(23-39-18-20-40(21-19-39)30-14-16-31(17-15-30)42(46)47)48-38(49-35(25)28-10-8-27(24-43)9-11-28)29-12-6-26(7-13-29)22-41-36(44)32-4-2-3-5-33(32)37(41)45/h2-17,25,34-35,38,43H,18-24H2,1H3/t25-,34+,35+,38+/m1/s1. The van der Waals surface area contributed by atoms with Crippen molar-refractivity contribution in [1.82, 2.24) is 9.80 Å². The Morgan fingerprint density at radius 2 is 1.37 bits per heavy atom. The number of carbonyl (C=O) groups is 2. The molecule has 252 valence electrons. The molecule has 3 aliphatic heterocycles. The van der Waals surface area contributed by atoms with Crippen molar-refractivity contribution in [2.24, 2.45) is 5.92 Å². The highest BCUT2D eigenvalue weighted by molar-refractivity contribution is 6.21. The maximum atomic E-state index is 12.9. The van der Waals surface area contributed by atoms with E-state index in [4.69, 9.17) is 9.47 Å². The first-order chi connectivity index (χ1) is 23.8. The fraction of sp³-hybridized carbons (Fsp3) is 0.316. The summed E-state index contributed by atoms with van der Waals surface area (Å²) in [6.07, 6.45) is -1.04. The molecule has 3 heterocycles. The molecule has 4 atom stereocenters. The minimum absolute atomic E-state index is 0.0250. The lowest BCUT2D eigenvalue weighted by molar-refractivity contribution is -0.384. The maximum Gasteiger partial charge on any atom is 0.269 e. The normalized spacial score (nSPS) is 22.7. The average Bonchev–Trinajstić information content (AvgIpc) is 3.38. The molecule has 0 aromatic heterocycles. The highest BCUT2D eigenvalue weighted by Crippen LogP contribution is 2.42. The van der Waals surface area contributed by atoms with Crippen LogP contribution >= 0.6 is 0 Å². The Hall–Kier alpha value is -4.94. The molecule has 0 radical (unpaired) electrons. The fourth-order valence-electron chi connectivity index (χ4n) is 6.90. The lowest BCUT2D eigenvalue weighted by Crippen LogP contribution is -2.51. The summed E-state index contributed by atoms with van der Waals surface area (Å²) in [6.45, 7) is 6.20. The van der Waals surface area contributed by atoms with Crippen molar-refractivity contribution < 1.29 is 29.1 Å². The van der Waals surface area contributed by atoms with E-state index in [9.17, 15) is 24.8 Å². The van der Waals surface area contributed by atoms with Crippen molar-refractivity contribution in [3.8, 4) is 0 Å². The first-order valence-electron chi connectivity index (χ1n) is 16.6. The molecule has 0 unspecified atom stereocenters. The highest BCUT2D eigenvalue weighted by atomic mass is 16.7. The SMILES string of the molecule is C[C@@H]1[C@H](CN2CCN(c3ccc([N+](=O)[O-])cc3)CC2)O[C@H](c2ccc(CN3C(=O)c4ccccc4C3=O)cc2)O[C@@H]1c1ccc(CO)cc1. The van der Waals surface area contributed by atoms with Crippen molar-refractivity contribution >= 4 is 23.2 Å². The van der Waals surface area contributed by atoms with Gasteiger partial charge in [0.2, 0.25) is 0 Å². The van der Waals surface area contributed by atoms with Gasteiger partial charge in [-0.05, 0) is 41.0 Å². The summed E-state index contributed by atoms with van der Waals surface area (Å²) in [6, 6.07) is 29.1. The minimum Gasteiger partial charge on any atom is -0.392 e. The van der Waals surface area contributed by atoms with E-state index in [1.54, 1.807) is 48.5 Å². The van der Waals surface area contributed by atoms with Crippen molar-refractivity contribution in [1.29, 1.82) is 0 Å². The third kappa shape index (κ3) is 6.70. The zero-order chi connectivity index (χ0) is 34.1. The van der Waals surface area contributed by atoms with Crippen LogP contribution in [0.4, 0.5) is 11.4 Å². The quantitative estimate of drug-likeness (QED) is 0.141. The van der Waals surface area contributed by atoms with Gasteiger partial charge in [0, 0.05) is 62.0 Å². The summed E-state index contributed by atoms with van der Waals surface area (Å²) < 4.78 is 13.3. The summed E-state index contributed by atoms with van der Waals surface area (Å²) in [7, 11) is 0. The number of nitro benzene ring substituents is 1. The van der Waals surface area contributed by atoms with E-state index < -0.39 is 6.29 Å². The first-order valence-corrected chi connectivity index (χ1v) is 16.6. The summed E-state index contributed by atoms with van der Waals surface area (Å²) >= 11 is 0. The summed E-state index contributed by atoms with van der Waals surface area (Å²) in [5.41, 5.74) is 5.41. The number of hydrogen-bond donors (Lipinski definition) is 1. The third-order valence-electron chi connectivity index (χ3n) is 9.83.